The van der Waals surface area contributed by atoms with E-state index in [0.717, 1.165) is 0 Å². The highest BCUT2D eigenvalue weighted by molar-refractivity contribution is 5.78. The van der Waals surface area contributed by atoms with Gasteiger partial charge in [0.25, 0.3) is 0 Å². The molecule has 0 bridgehead atoms. The molecule has 1 aromatic rings. The van der Waals surface area contributed by atoms with Gasteiger partial charge >= 0.3 is 0 Å². The maximum absolute atomic E-state index is 11.7. The molecule has 1 atom stereocenters. The van der Waals surface area contributed by atoms with Crippen LogP contribution in [0.25, 0.3) is 0 Å². The lowest BCUT2D eigenvalue weighted by Crippen LogP contribution is -2.32. The van der Waals surface area contributed by atoms with E-state index in [2.05, 4.69) is 10.4 Å². The maximum Gasteiger partial charge on any atom is 0.223 e. The Hall–Kier alpha value is -1.52. The van der Waals surface area contributed by atoms with Gasteiger partial charge in [0.15, 0.2) is 0 Å². The number of rotatable bonds is 5. The van der Waals surface area contributed by atoms with Crippen LogP contribution in [0.4, 0.5) is 5.69 Å². The number of carbonyl (C=O) groups excluding carboxylic acids is 1. The van der Waals surface area contributed by atoms with Gasteiger partial charge < -0.3 is 11.1 Å². The van der Waals surface area contributed by atoms with Crippen LogP contribution < -0.4 is 11.1 Å². The predicted octanol–water partition coefficient (Wildman–Crippen LogP) is 0.628. The zero-order valence-electron chi connectivity index (χ0n) is 9.52. The first kappa shape index (κ1) is 11.0. The van der Waals surface area contributed by atoms with Gasteiger partial charge in [-0.05, 0) is 18.8 Å². The molecule has 1 unspecified atom stereocenters. The Morgan fingerprint density at radius 3 is 3.06 bits per heavy atom. The molecule has 1 aliphatic carbocycles. The number of nitrogens with zero attached hydrogens (tertiary/aromatic N) is 2. The van der Waals surface area contributed by atoms with E-state index in [1.165, 1.54) is 12.8 Å². The van der Waals surface area contributed by atoms with Gasteiger partial charge in [0, 0.05) is 18.7 Å². The second-order valence-electron chi connectivity index (χ2n) is 4.45. The summed E-state index contributed by atoms with van der Waals surface area (Å²) in [5.74, 6) is 0.922. The van der Waals surface area contributed by atoms with Crippen molar-refractivity contribution >= 4 is 11.6 Å². The van der Waals surface area contributed by atoms with E-state index in [-0.39, 0.29) is 11.8 Å². The topological polar surface area (TPSA) is 72.9 Å². The number of amides is 1. The maximum atomic E-state index is 11.7. The van der Waals surface area contributed by atoms with E-state index in [4.69, 9.17) is 5.73 Å². The Balaban J connectivity index is 1.69. The molecule has 0 radical (unpaired) electrons. The first-order valence-corrected chi connectivity index (χ1v) is 5.72. The number of hydrogen-bond donors (Lipinski definition) is 2. The minimum Gasteiger partial charge on any atom is -0.396 e. The minimum absolute atomic E-state index is 0.155. The van der Waals surface area contributed by atoms with Gasteiger partial charge in [0.05, 0.1) is 18.4 Å². The number of hydrogen-bond acceptors (Lipinski definition) is 3. The van der Waals surface area contributed by atoms with Crippen LogP contribution in [0.1, 0.15) is 19.8 Å². The average Bonchev–Trinajstić information content (AvgIpc) is 3.02. The molecule has 5 nitrogen and oxygen atoms in total. The molecule has 1 amide bonds. The van der Waals surface area contributed by atoms with Crippen LogP contribution in [0, 0.1) is 11.8 Å². The number of nitrogen functional groups attached to an aromatic ring is 1. The van der Waals surface area contributed by atoms with E-state index >= 15 is 0 Å². The van der Waals surface area contributed by atoms with Crippen molar-refractivity contribution in [1.29, 1.82) is 0 Å². The fourth-order valence-corrected chi connectivity index (χ4v) is 1.77. The Morgan fingerprint density at radius 2 is 2.50 bits per heavy atom. The highest BCUT2D eigenvalue weighted by Crippen LogP contribution is 2.36. The molecular formula is C11H18N4O. The third-order valence-corrected chi connectivity index (χ3v) is 3.04. The molecule has 1 aromatic heterocycles. The van der Waals surface area contributed by atoms with Crippen molar-refractivity contribution in [1.82, 2.24) is 15.1 Å². The van der Waals surface area contributed by atoms with Crippen LogP contribution in [-0.4, -0.2) is 22.2 Å². The van der Waals surface area contributed by atoms with Crippen LogP contribution >= 0.6 is 0 Å². The molecule has 1 fully saturated rings. The summed E-state index contributed by atoms with van der Waals surface area (Å²) in [5, 5.41) is 6.97. The lowest BCUT2D eigenvalue weighted by molar-refractivity contribution is -0.125. The third kappa shape index (κ3) is 2.74. The summed E-state index contributed by atoms with van der Waals surface area (Å²) in [6, 6.07) is 0. The Morgan fingerprint density at radius 1 is 1.75 bits per heavy atom. The van der Waals surface area contributed by atoms with Gasteiger partial charge in [-0.1, -0.05) is 6.92 Å². The molecule has 0 saturated heterocycles. The van der Waals surface area contributed by atoms with Gasteiger partial charge in [0.1, 0.15) is 0 Å². The molecule has 3 N–H and O–H groups in total. The number of nitrogens with two attached hydrogens (primary N) is 1. The smallest absolute Gasteiger partial charge is 0.223 e. The standard InChI is InChI=1S/C11H18N4O/c1-8(9-2-3-9)11(16)13-4-5-15-7-10(12)6-14-15/h6-9H,2-5,12H2,1H3,(H,13,16). The second-order valence-corrected chi connectivity index (χ2v) is 4.45. The normalized spacial score (nSPS) is 17.1. The quantitative estimate of drug-likeness (QED) is 0.767. The molecule has 0 aliphatic heterocycles. The van der Waals surface area contributed by atoms with E-state index in [1.54, 1.807) is 17.1 Å². The second kappa shape index (κ2) is 4.55. The van der Waals surface area contributed by atoms with Gasteiger partial charge in [-0.3, -0.25) is 9.48 Å². The third-order valence-electron chi connectivity index (χ3n) is 3.04. The van der Waals surface area contributed by atoms with E-state index in [1.807, 2.05) is 6.92 Å². The molecule has 88 valence electrons. The fourth-order valence-electron chi connectivity index (χ4n) is 1.77. The molecule has 0 aromatic carbocycles. The monoisotopic (exact) mass is 222 g/mol. The predicted molar refractivity (Wildman–Crippen MR) is 61.5 cm³/mol. The lowest BCUT2D eigenvalue weighted by Gasteiger charge is -2.10. The molecule has 1 aliphatic rings. The van der Waals surface area contributed by atoms with Crippen LogP contribution in [0.3, 0.4) is 0 Å². The fraction of sp³-hybridized carbons (Fsp3) is 0.636. The summed E-state index contributed by atoms with van der Waals surface area (Å²) < 4.78 is 1.73. The molecule has 5 heteroatoms. The van der Waals surface area contributed by atoms with Crippen molar-refractivity contribution in [3.8, 4) is 0 Å². The van der Waals surface area contributed by atoms with Crippen molar-refractivity contribution in [2.24, 2.45) is 11.8 Å². The molecule has 1 heterocycles. The molecule has 1 saturated carbocycles. The number of aromatic nitrogens is 2. The average molecular weight is 222 g/mol. The highest BCUT2D eigenvalue weighted by atomic mass is 16.1. The van der Waals surface area contributed by atoms with E-state index < -0.39 is 0 Å². The van der Waals surface area contributed by atoms with Crippen LogP contribution in [0.5, 0.6) is 0 Å². The first-order valence-electron chi connectivity index (χ1n) is 5.72. The van der Waals surface area contributed by atoms with Crippen LogP contribution in [0.15, 0.2) is 12.4 Å². The first-order chi connectivity index (χ1) is 7.66. The number of nitrogens with one attached hydrogen (secondary N) is 1. The summed E-state index contributed by atoms with van der Waals surface area (Å²) in [4.78, 5) is 11.7. The Kier molecular flexibility index (Phi) is 3.12. The zero-order valence-corrected chi connectivity index (χ0v) is 9.52. The van der Waals surface area contributed by atoms with Crippen molar-refractivity contribution in [2.45, 2.75) is 26.3 Å². The van der Waals surface area contributed by atoms with Crippen molar-refractivity contribution in [3.63, 3.8) is 0 Å². The van der Waals surface area contributed by atoms with Gasteiger partial charge in [-0.2, -0.15) is 5.10 Å². The summed E-state index contributed by atoms with van der Waals surface area (Å²) in [6.07, 6.45) is 5.76. The Labute approximate surface area is 95.0 Å². The van der Waals surface area contributed by atoms with E-state index in [0.29, 0.717) is 24.7 Å². The number of anilines is 1. The molecule has 16 heavy (non-hydrogen) atoms. The minimum atomic E-state index is 0.155. The van der Waals surface area contributed by atoms with Gasteiger partial charge in [-0.15, -0.1) is 0 Å². The summed E-state index contributed by atoms with van der Waals surface area (Å²) in [6.45, 7) is 3.27. The lowest BCUT2D eigenvalue weighted by atomic mass is 10.1. The summed E-state index contributed by atoms with van der Waals surface area (Å²) in [5.41, 5.74) is 6.19. The molecule has 0 spiro atoms. The molecule has 2 rings (SSSR count). The van der Waals surface area contributed by atoms with Crippen LogP contribution in [-0.2, 0) is 11.3 Å². The van der Waals surface area contributed by atoms with Gasteiger partial charge in [0.2, 0.25) is 5.91 Å². The molecular weight excluding hydrogens is 204 g/mol. The summed E-state index contributed by atoms with van der Waals surface area (Å²) in [7, 11) is 0. The van der Waals surface area contributed by atoms with Gasteiger partial charge in [-0.25, -0.2) is 0 Å². The largest absolute Gasteiger partial charge is 0.396 e. The zero-order chi connectivity index (χ0) is 11.5. The van der Waals surface area contributed by atoms with Crippen molar-refractivity contribution < 1.29 is 4.79 Å². The van der Waals surface area contributed by atoms with Crippen LogP contribution in [0.2, 0.25) is 0 Å². The number of carbonyl (C=O) groups is 1. The van der Waals surface area contributed by atoms with E-state index in [9.17, 15) is 4.79 Å². The summed E-state index contributed by atoms with van der Waals surface area (Å²) >= 11 is 0. The van der Waals surface area contributed by atoms with Crippen molar-refractivity contribution in [3.05, 3.63) is 12.4 Å². The highest BCUT2D eigenvalue weighted by Gasteiger charge is 2.32. The van der Waals surface area contributed by atoms with Crippen molar-refractivity contribution in [2.75, 3.05) is 12.3 Å². The Bertz CT molecular complexity index is 370. The SMILES string of the molecule is CC(C(=O)NCCn1cc(N)cn1)C1CC1.